The van der Waals surface area contributed by atoms with E-state index >= 15 is 0 Å². The summed E-state index contributed by atoms with van der Waals surface area (Å²) >= 11 is 1.71. The van der Waals surface area contributed by atoms with Crippen molar-refractivity contribution in [1.29, 1.82) is 0 Å². The Hall–Kier alpha value is -1.24. The SMILES string of the molecule is CCN(CC)C(=O)c1cccc(NC(=O)C2CSCN2)c1.Cl. The second-order valence-electron chi connectivity index (χ2n) is 4.82. The van der Waals surface area contributed by atoms with Crippen molar-refractivity contribution in [2.75, 3.05) is 30.0 Å². The molecule has 0 spiro atoms. The number of nitrogens with one attached hydrogen (secondary N) is 2. The number of thioether (sulfide) groups is 1. The van der Waals surface area contributed by atoms with Crippen LogP contribution in [0.2, 0.25) is 0 Å². The molecule has 2 amide bonds. The summed E-state index contributed by atoms with van der Waals surface area (Å²) < 4.78 is 0. The zero-order valence-corrected chi connectivity index (χ0v) is 14.4. The highest BCUT2D eigenvalue weighted by atomic mass is 35.5. The minimum absolute atomic E-state index is 0. The molecular formula is C15H22ClN3O2S. The van der Waals surface area contributed by atoms with Crippen molar-refractivity contribution in [2.45, 2.75) is 19.9 Å². The maximum atomic E-state index is 12.3. The van der Waals surface area contributed by atoms with Gasteiger partial charge in [0, 0.05) is 36.0 Å². The second-order valence-corrected chi connectivity index (χ2v) is 5.85. The largest absolute Gasteiger partial charge is 0.339 e. The molecule has 1 unspecified atom stereocenters. The van der Waals surface area contributed by atoms with Gasteiger partial charge in [-0.15, -0.1) is 24.2 Å². The molecule has 7 heteroatoms. The first-order valence-electron chi connectivity index (χ1n) is 7.17. The van der Waals surface area contributed by atoms with E-state index in [1.807, 2.05) is 13.8 Å². The third kappa shape index (κ3) is 4.63. The molecule has 0 aromatic heterocycles. The second kappa shape index (κ2) is 9.02. The van der Waals surface area contributed by atoms with Crippen LogP contribution < -0.4 is 10.6 Å². The van der Waals surface area contributed by atoms with Crippen LogP contribution in [-0.4, -0.2) is 47.5 Å². The summed E-state index contributed by atoms with van der Waals surface area (Å²) in [5.74, 6) is 1.53. The fourth-order valence-electron chi connectivity index (χ4n) is 2.22. The van der Waals surface area contributed by atoms with Gasteiger partial charge in [-0.3, -0.25) is 14.9 Å². The van der Waals surface area contributed by atoms with Crippen molar-refractivity contribution in [2.24, 2.45) is 0 Å². The highest BCUT2D eigenvalue weighted by Gasteiger charge is 2.22. The molecular weight excluding hydrogens is 322 g/mol. The molecule has 1 aromatic carbocycles. The first-order chi connectivity index (χ1) is 10.2. The number of benzene rings is 1. The van der Waals surface area contributed by atoms with Crippen LogP contribution in [0, 0.1) is 0 Å². The van der Waals surface area contributed by atoms with Crippen molar-refractivity contribution >= 4 is 41.7 Å². The average Bonchev–Trinajstić information content (AvgIpc) is 3.03. The molecule has 0 saturated carbocycles. The lowest BCUT2D eigenvalue weighted by Gasteiger charge is -2.19. The molecule has 1 aliphatic rings. The molecule has 0 aliphatic carbocycles. The molecule has 5 nitrogen and oxygen atoms in total. The van der Waals surface area contributed by atoms with E-state index in [0.29, 0.717) is 24.3 Å². The van der Waals surface area contributed by atoms with Crippen LogP contribution in [-0.2, 0) is 4.79 Å². The third-order valence-electron chi connectivity index (χ3n) is 3.46. The number of rotatable bonds is 5. The van der Waals surface area contributed by atoms with Crippen LogP contribution in [0.15, 0.2) is 24.3 Å². The van der Waals surface area contributed by atoms with E-state index in [1.54, 1.807) is 40.9 Å². The van der Waals surface area contributed by atoms with E-state index in [2.05, 4.69) is 10.6 Å². The Morgan fingerprint density at radius 2 is 2.09 bits per heavy atom. The van der Waals surface area contributed by atoms with Gasteiger partial charge in [-0.05, 0) is 32.0 Å². The maximum Gasteiger partial charge on any atom is 0.253 e. The molecule has 2 rings (SSSR count). The molecule has 1 heterocycles. The monoisotopic (exact) mass is 343 g/mol. The van der Waals surface area contributed by atoms with Crippen LogP contribution in [0.3, 0.4) is 0 Å². The number of amides is 2. The van der Waals surface area contributed by atoms with Crippen molar-refractivity contribution in [1.82, 2.24) is 10.2 Å². The number of halogens is 1. The normalized spacial score (nSPS) is 16.7. The summed E-state index contributed by atoms with van der Waals surface area (Å²) in [5.41, 5.74) is 1.27. The molecule has 122 valence electrons. The first-order valence-corrected chi connectivity index (χ1v) is 8.32. The number of hydrogen-bond donors (Lipinski definition) is 2. The van der Waals surface area contributed by atoms with Crippen LogP contribution in [0.25, 0.3) is 0 Å². The van der Waals surface area contributed by atoms with Crippen LogP contribution >= 0.6 is 24.2 Å². The van der Waals surface area contributed by atoms with Gasteiger partial charge in [0.05, 0.1) is 6.04 Å². The lowest BCUT2D eigenvalue weighted by Crippen LogP contribution is -2.37. The fraction of sp³-hybridized carbons (Fsp3) is 0.467. The minimum atomic E-state index is -0.155. The molecule has 2 N–H and O–H groups in total. The molecule has 1 atom stereocenters. The summed E-state index contributed by atoms with van der Waals surface area (Å²) in [5, 5.41) is 5.99. The molecule has 1 aromatic rings. The molecule has 1 fully saturated rings. The molecule has 1 saturated heterocycles. The molecule has 0 bridgehead atoms. The van der Waals surface area contributed by atoms with E-state index in [-0.39, 0.29) is 30.3 Å². The Morgan fingerprint density at radius 3 is 2.68 bits per heavy atom. The Labute approximate surface area is 141 Å². The van der Waals surface area contributed by atoms with E-state index in [4.69, 9.17) is 0 Å². The number of carbonyl (C=O) groups excluding carboxylic acids is 2. The van der Waals surface area contributed by atoms with Gasteiger partial charge in [-0.25, -0.2) is 0 Å². The minimum Gasteiger partial charge on any atom is -0.339 e. The summed E-state index contributed by atoms with van der Waals surface area (Å²) in [6, 6.07) is 6.96. The standard InChI is InChI=1S/C15H21N3O2S.ClH/c1-3-18(4-2)15(20)11-6-5-7-12(8-11)17-14(19)13-9-21-10-16-13;/h5-8,13,16H,3-4,9-10H2,1-2H3,(H,17,19);1H. The lowest BCUT2D eigenvalue weighted by molar-refractivity contribution is -0.117. The third-order valence-corrected chi connectivity index (χ3v) is 4.40. The zero-order chi connectivity index (χ0) is 15.2. The molecule has 0 radical (unpaired) electrons. The predicted octanol–water partition coefficient (Wildman–Crippen LogP) is 2.19. The van der Waals surface area contributed by atoms with Gasteiger partial charge in [-0.2, -0.15) is 0 Å². The molecule has 22 heavy (non-hydrogen) atoms. The Bertz CT molecular complexity index is 517. The number of anilines is 1. The highest BCUT2D eigenvalue weighted by Crippen LogP contribution is 2.15. The van der Waals surface area contributed by atoms with Gasteiger partial charge >= 0.3 is 0 Å². The summed E-state index contributed by atoms with van der Waals surface area (Å²) in [7, 11) is 0. The average molecular weight is 344 g/mol. The molecule has 1 aliphatic heterocycles. The van der Waals surface area contributed by atoms with Gasteiger partial charge in [-0.1, -0.05) is 6.07 Å². The van der Waals surface area contributed by atoms with Crippen LogP contribution in [0.1, 0.15) is 24.2 Å². The fourth-order valence-corrected chi connectivity index (χ4v) is 3.16. The van der Waals surface area contributed by atoms with Crippen LogP contribution in [0.5, 0.6) is 0 Å². The van der Waals surface area contributed by atoms with Gasteiger partial charge in [0.2, 0.25) is 5.91 Å². The van der Waals surface area contributed by atoms with Crippen molar-refractivity contribution in [3.05, 3.63) is 29.8 Å². The summed E-state index contributed by atoms with van der Waals surface area (Å²) in [4.78, 5) is 26.1. The van der Waals surface area contributed by atoms with Gasteiger partial charge in [0.1, 0.15) is 0 Å². The van der Waals surface area contributed by atoms with E-state index in [9.17, 15) is 9.59 Å². The maximum absolute atomic E-state index is 12.3. The van der Waals surface area contributed by atoms with Gasteiger partial charge < -0.3 is 10.2 Å². The first kappa shape index (κ1) is 18.8. The predicted molar refractivity (Wildman–Crippen MR) is 93.8 cm³/mol. The Balaban J connectivity index is 0.00000242. The quantitative estimate of drug-likeness (QED) is 0.860. The Morgan fingerprint density at radius 1 is 1.36 bits per heavy atom. The summed E-state index contributed by atoms with van der Waals surface area (Å²) in [6.45, 7) is 5.26. The topological polar surface area (TPSA) is 61.4 Å². The van der Waals surface area contributed by atoms with Crippen molar-refractivity contribution < 1.29 is 9.59 Å². The lowest BCUT2D eigenvalue weighted by atomic mass is 10.1. The van der Waals surface area contributed by atoms with E-state index in [0.717, 1.165) is 11.6 Å². The van der Waals surface area contributed by atoms with E-state index in [1.165, 1.54) is 0 Å². The summed E-state index contributed by atoms with van der Waals surface area (Å²) in [6.07, 6.45) is 0. The zero-order valence-electron chi connectivity index (χ0n) is 12.8. The smallest absolute Gasteiger partial charge is 0.253 e. The van der Waals surface area contributed by atoms with Gasteiger partial charge in [0.25, 0.3) is 5.91 Å². The number of hydrogen-bond acceptors (Lipinski definition) is 4. The number of nitrogens with zero attached hydrogens (tertiary/aromatic N) is 1. The van der Waals surface area contributed by atoms with Crippen LogP contribution in [0.4, 0.5) is 5.69 Å². The van der Waals surface area contributed by atoms with Crippen molar-refractivity contribution in [3.8, 4) is 0 Å². The Kier molecular flexibility index (Phi) is 7.72. The highest BCUT2D eigenvalue weighted by molar-refractivity contribution is 7.99. The van der Waals surface area contributed by atoms with Gasteiger partial charge in [0.15, 0.2) is 0 Å². The number of carbonyl (C=O) groups is 2. The van der Waals surface area contributed by atoms with Crippen molar-refractivity contribution in [3.63, 3.8) is 0 Å². The van der Waals surface area contributed by atoms with E-state index < -0.39 is 0 Å².